The molecule has 0 saturated carbocycles. The summed E-state index contributed by atoms with van der Waals surface area (Å²) in [7, 11) is 0. The van der Waals surface area contributed by atoms with Gasteiger partial charge in [0, 0.05) is 12.3 Å². The van der Waals surface area contributed by atoms with Crippen molar-refractivity contribution in [3.8, 4) is 0 Å². The van der Waals surface area contributed by atoms with Crippen molar-refractivity contribution in [2.24, 2.45) is 5.73 Å². The van der Waals surface area contributed by atoms with E-state index in [1.807, 2.05) is 0 Å². The number of carbonyl (C=O) groups is 1. The van der Waals surface area contributed by atoms with Gasteiger partial charge in [-0.15, -0.1) is 22.9 Å². The molecule has 0 fully saturated rings. The van der Waals surface area contributed by atoms with Crippen LogP contribution in [0.5, 0.6) is 0 Å². The Balaban J connectivity index is 0.000000310. The van der Waals surface area contributed by atoms with E-state index < -0.39 is 6.09 Å². The van der Waals surface area contributed by atoms with Crippen LogP contribution in [-0.4, -0.2) is 22.1 Å². The highest BCUT2D eigenvalue weighted by atomic mass is 35.5. The molecule has 1 aromatic heterocycles. The Morgan fingerprint density at radius 3 is 2.62 bits per heavy atom. The molecule has 0 unspecified atom stereocenters. The predicted octanol–water partition coefficient (Wildman–Crippen LogP) is 2.20. The third-order valence-electron chi connectivity index (χ3n) is 0.834. The highest BCUT2D eigenvalue weighted by Gasteiger charge is 1.96. The SMILES string of the molecule is ClCCc1ncc(Cl)s1.NC(=O)O. The lowest BCUT2D eigenvalue weighted by Gasteiger charge is -1.83. The van der Waals surface area contributed by atoms with Gasteiger partial charge in [-0.2, -0.15) is 0 Å². The lowest BCUT2D eigenvalue weighted by Crippen LogP contribution is -2.03. The third kappa shape index (κ3) is 7.83. The molecule has 1 heterocycles. The Hall–Kier alpha value is -0.520. The van der Waals surface area contributed by atoms with Crippen molar-refractivity contribution >= 4 is 40.6 Å². The second-order valence-corrected chi connectivity index (χ2v) is 3.96. The molecule has 0 aliphatic heterocycles. The fourth-order valence-corrected chi connectivity index (χ4v) is 1.73. The van der Waals surface area contributed by atoms with Crippen LogP contribution in [0.3, 0.4) is 0 Å². The van der Waals surface area contributed by atoms with E-state index in [4.69, 9.17) is 33.1 Å². The van der Waals surface area contributed by atoms with Gasteiger partial charge in [-0.1, -0.05) is 11.6 Å². The van der Waals surface area contributed by atoms with Crippen molar-refractivity contribution in [3.63, 3.8) is 0 Å². The summed E-state index contributed by atoms with van der Waals surface area (Å²) in [5.41, 5.74) is 4.03. The van der Waals surface area contributed by atoms with E-state index in [1.54, 1.807) is 6.20 Å². The van der Waals surface area contributed by atoms with Crippen molar-refractivity contribution in [2.75, 3.05) is 5.88 Å². The normalized spacial score (nSPS) is 8.77. The lowest BCUT2D eigenvalue weighted by atomic mass is 10.5. The number of nitrogens with two attached hydrogens (primary N) is 1. The molecule has 7 heteroatoms. The molecule has 0 bridgehead atoms. The molecular formula is C6H8Cl2N2O2S. The molecule has 4 nitrogen and oxygen atoms in total. The molecule has 0 aliphatic carbocycles. The lowest BCUT2D eigenvalue weighted by molar-refractivity contribution is 0.205. The summed E-state index contributed by atoms with van der Waals surface area (Å²) >= 11 is 12.6. The van der Waals surface area contributed by atoms with Crippen LogP contribution in [0.4, 0.5) is 4.79 Å². The van der Waals surface area contributed by atoms with Gasteiger partial charge >= 0.3 is 6.09 Å². The largest absolute Gasteiger partial charge is 0.465 e. The number of aromatic nitrogens is 1. The van der Waals surface area contributed by atoms with Crippen molar-refractivity contribution in [1.29, 1.82) is 0 Å². The monoisotopic (exact) mass is 242 g/mol. The summed E-state index contributed by atoms with van der Waals surface area (Å²) in [6, 6.07) is 0. The van der Waals surface area contributed by atoms with Crippen LogP contribution >= 0.6 is 34.5 Å². The van der Waals surface area contributed by atoms with Gasteiger partial charge in [-0.3, -0.25) is 0 Å². The van der Waals surface area contributed by atoms with Gasteiger partial charge in [0.2, 0.25) is 0 Å². The molecule has 0 aliphatic rings. The van der Waals surface area contributed by atoms with E-state index in [0.29, 0.717) is 5.88 Å². The minimum absolute atomic E-state index is 0.615. The molecule has 0 aromatic carbocycles. The highest BCUT2D eigenvalue weighted by molar-refractivity contribution is 7.15. The van der Waals surface area contributed by atoms with Crippen LogP contribution in [0.15, 0.2) is 6.20 Å². The predicted molar refractivity (Wildman–Crippen MR) is 53.8 cm³/mol. The molecule has 0 spiro atoms. The average Bonchev–Trinajstić information content (AvgIpc) is 2.35. The Labute approximate surface area is 89.3 Å². The molecule has 0 atom stereocenters. The second-order valence-electron chi connectivity index (χ2n) is 1.84. The van der Waals surface area contributed by atoms with Crippen LogP contribution in [0.25, 0.3) is 0 Å². The van der Waals surface area contributed by atoms with Crippen LogP contribution in [-0.2, 0) is 6.42 Å². The summed E-state index contributed by atoms with van der Waals surface area (Å²) < 4.78 is 0.732. The fraction of sp³-hybridized carbons (Fsp3) is 0.333. The van der Waals surface area contributed by atoms with Gasteiger partial charge < -0.3 is 10.8 Å². The number of hydrogen-bond acceptors (Lipinski definition) is 3. The molecule has 74 valence electrons. The third-order valence-corrected chi connectivity index (χ3v) is 2.20. The van der Waals surface area contributed by atoms with Crippen LogP contribution < -0.4 is 5.73 Å². The summed E-state index contributed by atoms with van der Waals surface area (Å²) in [6.07, 6.45) is 1.13. The van der Waals surface area contributed by atoms with Gasteiger partial charge in [-0.25, -0.2) is 9.78 Å². The first kappa shape index (κ1) is 12.5. The minimum atomic E-state index is -1.33. The molecule has 13 heavy (non-hydrogen) atoms. The maximum absolute atomic E-state index is 8.78. The number of amides is 1. The van der Waals surface area contributed by atoms with E-state index in [1.165, 1.54) is 11.3 Å². The van der Waals surface area contributed by atoms with Crippen molar-refractivity contribution in [1.82, 2.24) is 4.98 Å². The second kappa shape index (κ2) is 6.94. The maximum atomic E-state index is 8.78. The first-order chi connectivity index (χ1) is 6.06. The van der Waals surface area contributed by atoms with Crippen molar-refractivity contribution < 1.29 is 9.90 Å². The Morgan fingerprint density at radius 1 is 1.77 bits per heavy atom. The number of thiazole rings is 1. The topological polar surface area (TPSA) is 76.2 Å². The first-order valence-electron chi connectivity index (χ1n) is 3.20. The van der Waals surface area contributed by atoms with Crippen molar-refractivity contribution in [3.05, 3.63) is 15.5 Å². The van der Waals surface area contributed by atoms with Crippen LogP contribution in [0.2, 0.25) is 4.34 Å². The number of hydrogen-bond donors (Lipinski definition) is 2. The summed E-state index contributed by atoms with van der Waals surface area (Å²) in [6.45, 7) is 0. The number of alkyl halides is 1. The molecule has 1 aromatic rings. The Morgan fingerprint density at radius 2 is 2.31 bits per heavy atom. The van der Waals surface area contributed by atoms with Crippen molar-refractivity contribution in [2.45, 2.75) is 6.42 Å². The Kier molecular flexibility index (Phi) is 6.66. The number of aryl methyl sites for hydroxylation is 1. The van der Waals surface area contributed by atoms with Crippen LogP contribution in [0, 0.1) is 0 Å². The Bertz CT molecular complexity index is 263. The van der Waals surface area contributed by atoms with Gasteiger partial charge in [0.25, 0.3) is 0 Å². The van der Waals surface area contributed by atoms with Gasteiger partial charge in [-0.05, 0) is 0 Å². The average molecular weight is 243 g/mol. The van der Waals surface area contributed by atoms with E-state index in [-0.39, 0.29) is 0 Å². The quantitative estimate of drug-likeness (QED) is 0.781. The molecule has 3 N–H and O–H groups in total. The molecule has 0 radical (unpaired) electrons. The fourth-order valence-electron chi connectivity index (χ4n) is 0.484. The standard InChI is InChI=1S/C5H5Cl2NS.CH3NO2/c6-2-1-5-8-3-4(7)9-5;2-1(3)4/h3H,1-2H2;2H2,(H,3,4). The number of rotatable bonds is 2. The number of halogens is 2. The first-order valence-corrected chi connectivity index (χ1v) is 4.93. The minimum Gasteiger partial charge on any atom is -0.465 e. The van der Waals surface area contributed by atoms with Gasteiger partial charge in [0.05, 0.1) is 11.2 Å². The van der Waals surface area contributed by atoms with E-state index in [9.17, 15) is 0 Å². The number of nitrogens with zero attached hydrogens (tertiary/aromatic N) is 1. The smallest absolute Gasteiger partial charge is 0.402 e. The molecule has 0 saturated heterocycles. The van der Waals surface area contributed by atoms with Gasteiger partial charge in [0.15, 0.2) is 0 Å². The highest BCUT2D eigenvalue weighted by Crippen LogP contribution is 2.18. The zero-order valence-corrected chi connectivity index (χ0v) is 8.86. The maximum Gasteiger partial charge on any atom is 0.402 e. The number of primary amides is 1. The molecule has 1 amide bonds. The van der Waals surface area contributed by atoms with Gasteiger partial charge in [0.1, 0.15) is 4.34 Å². The van der Waals surface area contributed by atoms with Crippen LogP contribution in [0.1, 0.15) is 5.01 Å². The molecule has 1 rings (SSSR count). The van der Waals surface area contributed by atoms with E-state index in [2.05, 4.69) is 10.7 Å². The summed E-state index contributed by atoms with van der Waals surface area (Å²) in [4.78, 5) is 12.8. The molecular weight excluding hydrogens is 235 g/mol. The number of carboxylic acid groups (broad SMARTS) is 1. The zero-order chi connectivity index (χ0) is 10.3. The van der Waals surface area contributed by atoms with E-state index in [0.717, 1.165) is 15.8 Å². The summed E-state index contributed by atoms with van der Waals surface area (Å²) in [5.74, 6) is 0.615. The zero-order valence-electron chi connectivity index (χ0n) is 6.54. The van der Waals surface area contributed by atoms with E-state index >= 15 is 0 Å². The summed E-state index contributed by atoms with van der Waals surface area (Å²) in [5, 5.41) is 8.20.